The maximum atomic E-state index is 13.4. The zero-order chi connectivity index (χ0) is 25.9. The van der Waals surface area contributed by atoms with E-state index in [9.17, 15) is 22.4 Å². The van der Waals surface area contributed by atoms with E-state index in [1.165, 1.54) is 42.1 Å². The van der Waals surface area contributed by atoms with Gasteiger partial charge in [0, 0.05) is 12.1 Å². The number of nitrogens with two attached hydrogens (primary N) is 1. The SMILES string of the molecule is COc1ccc(-c2nn(-c3ccc(C(F)(F)F)cc3)c(N)c2NC(=O)NCc2cccc(F)c2)cc1. The first-order chi connectivity index (χ1) is 17.2. The van der Waals surface area contributed by atoms with Crippen LogP contribution in [0.15, 0.2) is 72.8 Å². The summed E-state index contributed by atoms with van der Waals surface area (Å²) in [6.45, 7) is 0.0500. The third kappa shape index (κ3) is 5.40. The van der Waals surface area contributed by atoms with Crippen LogP contribution >= 0.6 is 0 Å². The van der Waals surface area contributed by atoms with Crippen molar-refractivity contribution in [2.75, 3.05) is 18.2 Å². The van der Waals surface area contributed by atoms with Crippen molar-refractivity contribution in [2.45, 2.75) is 12.7 Å². The lowest BCUT2D eigenvalue weighted by Crippen LogP contribution is -2.28. The number of halogens is 4. The van der Waals surface area contributed by atoms with E-state index >= 15 is 0 Å². The number of benzene rings is 3. The van der Waals surface area contributed by atoms with E-state index in [4.69, 9.17) is 10.5 Å². The van der Waals surface area contributed by atoms with Crippen LogP contribution in [0.2, 0.25) is 0 Å². The monoisotopic (exact) mass is 499 g/mol. The van der Waals surface area contributed by atoms with Crippen molar-refractivity contribution >= 4 is 17.5 Å². The van der Waals surface area contributed by atoms with E-state index in [0.29, 0.717) is 16.9 Å². The predicted molar refractivity (Wildman–Crippen MR) is 127 cm³/mol. The number of rotatable bonds is 6. The highest BCUT2D eigenvalue weighted by Crippen LogP contribution is 2.36. The van der Waals surface area contributed by atoms with Crippen LogP contribution in [0.5, 0.6) is 5.75 Å². The number of ether oxygens (including phenoxy) is 1. The molecule has 4 rings (SSSR count). The number of hydrogen-bond donors (Lipinski definition) is 3. The summed E-state index contributed by atoms with van der Waals surface area (Å²) < 4.78 is 58.8. The number of alkyl halides is 3. The van der Waals surface area contributed by atoms with Gasteiger partial charge in [-0.05, 0) is 66.2 Å². The molecular weight excluding hydrogens is 478 g/mol. The summed E-state index contributed by atoms with van der Waals surface area (Å²) in [6, 6.07) is 16.2. The molecule has 0 radical (unpaired) electrons. The third-order valence-electron chi connectivity index (χ3n) is 5.30. The number of methoxy groups -OCH3 is 1. The summed E-state index contributed by atoms with van der Waals surface area (Å²) >= 11 is 0. The summed E-state index contributed by atoms with van der Waals surface area (Å²) in [7, 11) is 1.52. The molecular formula is C25H21F4N5O2. The molecule has 2 amide bonds. The van der Waals surface area contributed by atoms with Crippen molar-refractivity contribution in [3.8, 4) is 22.7 Å². The second-order valence-electron chi connectivity index (χ2n) is 7.73. The van der Waals surface area contributed by atoms with Crippen LogP contribution in [0.1, 0.15) is 11.1 Å². The third-order valence-corrected chi connectivity index (χ3v) is 5.30. The smallest absolute Gasteiger partial charge is 0.416 e. The molecule has 0 unspecified atom stereocenters. The normalized spacial score (nSPS) is 11.2. The molecule has 7 nitrogen and oxygen atoms in total. The van der Waals surface area contributed by atoms with Crippen molar-refractivity contribution in [1.29, 1.82) is 0 Å². The summed E-state index contributed by atoms with van der Waals surface area (Å²) in [4.78, 5) is 12.7. The zero-order valence-corrected chi connectivity index (χ0v) is 18.9. The summed E-state index contributed by atoms with van der Waals surface area (Å²) in [5, 5.41) is 9.73. The number of hydrogen-bond acceptors (Lipinski definition) is 4. The number of carbonyl (C=O) groups is 1. The Hall–Kier alpha value is -4.54. The molecule has 0 fully saturated rings. The second kappa shape index (κ2) is 9.98. The van der Waals surface area contributed by atoms with Gasteiger partial charge in [-0.3, -0.25) is 0 Å². The molecule has 0 aliphatic carbocycles. The standard InChI is InChI=1S/C25H21F4N5O2/c1-36-20-11-5-16(6-12-20)21-22(32-24(35)31-14-15-3-2-4-18(26)13-15)23(30)34(33-21)19-9-7-17(8-10-19)25(27,28)29/h2-13H,14,30H2,1H3,(H2,31,32,35). The Balaban J connectivity index is 1.66. The van der Waals surface area contributed by atoms with E-state index in [1.807, 2.05) is 0 Å². The van der Waals surface area contributed by atoms with Gasteiger partial charge >= 0.3 is 12.2 Å². The molecule has 186 valence electrons. The van der Waals surface area contributed by atoms with E-state index in [2.05, 4.69) is 15.7 Å². The quantitative estimate of drug-likeness (QED) is 0.301. The molecule has 4 N–H and O–H groups in total. The van der Waals surface area contributed by atoms with E-state index in [0.717, 1.165) is 12.1 Å². The Morgan fingerprint density at radius 3 is 2.36 bits per heavy atom. The highest BCUT2D eigenvalue weighted by atomic mass is 19.4. The predicted octanol–water partition coefficient (Wildman–Crippen LogP) is 5.61. The number of anilines is 2. The highest BCUT2D eigenvalue weighted by Gasteiger charge is 2.30. The molecule has 0 bridgehead atoms. The first-order valence-electron chi connectivity index (χ1n) is 10.7. The molecule has 4 aromatic rings. The number of carbonyl (C=O) groups excluding carboxylic acids is 1. The molecule has 0 aliphatic rings. The number of nitrogen functional groups attached to an aromatic ring is 1. The molecule has 1 heterocycles. The maximum absolute atomic E-state index is 13.4. The number of aromatic nitrogens is 2. The fraction of sp³-hybridized carbons (Fsp3) is 0.120. The van der Waals surface area contributed by atoms with E-state index in [1.54, 1.807) is 30.3 Å². The Morgan fingerprint density at radius 1 is 1.06 bits per heavy atom. The van der Waals surface area contributed by atoms with Gasteiger partial charge in [0.15, 0.2) is 5.82 Å². The number of urea groups is 1. The Labute approximate surface area is 203 Å². The minimum absolute atomic E-state index is 0.00137. The van der Waals surface area contributed by atoms with Gasteiger partial charge in [0.25, 0.3) is 0 Å². The average molecular weight is 499 g/mol. The molecule has 1 aromatic heterocycles. The summed E-state index contributed by atoms with van der Waals surface area (Å²) in [6.07, 6.45) is -4.49. The van der Waals surface area contributed by atoms with Crippen molar-refractivity contribution in [1.82, 2.24) is 15.1 Å². The van der Waals surface area contributed by atoms with Crippen LogP contribution in [0.25, 0.3) is 16.9 Å². The van der Waals surface area contributed by atoms with Crippen LogP contribution in [0.4, 0.5) is 33.9 Å². The first kappa shape index (κ1) is 24.6. The molecule has 0 saturated carbocycles. The molecule has 0 saturated heterocycles. The summed E-state index contributed by atoms with van der Waals surface area (Å²) in [5.74, 6) is 0.163. The lowest BCUT2D eigenvalue weighted by atomic mass is 10.1. The number of amides is 2. The van der Waals surface area contributed by atoms with Gasteiger partial charge in [0.05, 0.1) is 18.4 Å². The number of nitrogens with one attached hydrogen (secondary N) is 2. The minimum atomic E-state index is -4.49. The molecule has 0 atom stereocenters. The van der Waals surface area contributed by atoms with Gasteiger partial charge in [-0.15, -0.1) is 0 Å². The fourth-order valence-electron chi connectivity index (χ4n) is 3.48. The van der Waals surface area contributed by atoms with E-state index in [-0.39, 0.29) is 29.4 Å². The lowest BCUT2D eigenvalue weighted by Gasteiger charge is -2.10. The van der Waals surface area contributed by atoms with E-state index < -0.39 is 23.6 Å². The topological polar surface area (TPSA) is 94.2 Å². The molecule has 11 heteroatoms. The second-order valence-corrected chi connectivity index (χ2v) is 7.73. The van der Waals surface area contributed by atoms with Crippen molar-refractivity contribution < 1.29 is 27.1 Å². The van der Waals surface area contributed by atoms with Crippen molar-refractivity contribution in [3.05, 3.63) is 89.7 Å². The summed E-state index contributed by atoms with van der Waals surface area (Å²) in [5.41, 5.74) is 7.31. The largest absolute Gasteiger partial charge is 0.497 e. The van der Waals surface area contributed by atoms with Gasteiger partial charge in [-0.1, -0.05) is 12.1 Å². The molecule has 3 aromatic carbocycles. The minimum Gasteiger partial charge on any atom is -0.497 e. The maximum Gasteiger partial charge on any atom is 0.416 e. The van der Waals surface area contributed by atoms with Gasteiger partial charge in [-0.2, -0.15) is 18.3 Å². The number of nitrogens with zero attached hydrogens (tertiary/aromatic N) is 2. The van der Waals surface area contributed by atoms with Crippen LogP contribution in [-0.4, -0.2) is 22.9 Å². The van der Waals surface area contributed by atoms with Crippen LogP contribution < -0.4 is 21.1 Å². The van der Waals surface area contributed by atoms with Gasteiger partial charge in [0.2, 0.25) is 0 Å². The zero-order valence-electron chi connectivity index (χ0n) is 18.9. The lowest BCUT2D eigenvalue weighted by molar-refractivity contribution is -0.137. The average Bonchev–Trinajstić information content (AvgIpc) is 3.18. The van der Waals surface area contributed by atoms with Gasteiger partial charge in [-0.25, -0.2) is 13.9 Å². The van der Waals surface area contributed by atoms with Crippen molar-refractivity contribution in [3.63, 3.8) is 0 Å². The van der Waals surface area contributed by atoms with Crippen LogP contribution in [0, 0.1) is 5.82 Å². The first-order valence-corrected chi connectivity index (χ1v) is 10.7. The molecule has 0 spiro atoms. The van der Waals surface area contributed by atoms with Crippen molar-refractivity contribution in [2.24, 2.45) is 0 Å². The fourth-order valence-corrected chi connectivity index (χ4v) is 3.48. The Bertz CT molecular complexity index is 1370. The van der Waals surface area contributed by atoms with Crippen LogP contribution in [0.3, 0.4) is 0 Å². The molecule has 0 aliphatic heterocycles. The Morgan fingerprint density at radius 2 is 1.75 bits per heavy atom. The molecule has 36 heavy (non-hydrogen) atoms. The van der Waals surface area contributed by atoms with Gasteiger partial charge in [0.1, 0.15) is 22.9 Å². The Kier molecular flexibility index (Phi) is 6.82. The highest BCUT2D eigenvalue weighted by molar-refractivity contribution is 5.97. The van der Waals surface area contributed by atoms with Crippen LogP contribution in [-0.2, 0) is 12.7 Å². The van der Waals surface area contributed by atoms with Gasteiger partial charge < -0.3 is 21.1 Å².